The van der Waals surface area contributed by atoms with Crippen molar-refractivity contribution in [3.05, 3.63) is 42.2 Å². The molecule has 1 aromatic rings. The summed E-state index contributed by atoms with van der Waals surface area (Å²) in [5.74, 6) is -0.707. The van der Waals surface area contributed by atoms with Crippen molar-refractivity contribution in [2.24, 2.45) is 0 Å². The van der Waals surface area contributed by atoms with E-state index in [-0.39, 0.29) is 4.90 Å². The Balaban J connectivity index is 2.90. The third kappa shape index (κ3) is 4.91. The summed E-state index contributed by atoms with van der Waals surface area (Å²) in [5.41, 5.74) is 0.725. The summed E-state index contributed by atoms with van der Waals surface area (Å²) in [6.07, 6.45) is 3.12. The van der Waals surface area contributed by atoms with Crippen LogP contribution in [-0.4, -0.2) is 32.9 Å². The van der Waals surface area contributed by atoms with Crippen LogP contribution in [0.3, 0.4) is 0 Å². The van der Waals surface area contributed by atoms with E-state index in [1.54, 1.807) is 12.1 Å². The van der Waals surface area contributed by atoms with Gasteiger partial charge in [-0.25, -0.2) is 17.1 Å². The molecule has 0 aliphatic heterocycles. The molecule has 0 unspecified atom stereocenters. The molecule has 4 nitrogen and oxygen atoms in total. The second-order valence-corrected chi connectivity index (χ2v) is 6.82. The van der Waals surface area contributed by atoms with Crippen LogP contribution in [0.25, 0.3) is 0 Å². The molecule has 0 saturated heterocycles. The summed E-state index contributed by atoms with van der Waals surface area (Å²) in [6.45, 7) is 7.17. The van der Waals surface area contributed by atoms with Gasteiger partial charge in [0.2, 0.25) is 10.0 Å². The van der Waals surface area contributed by atoms with Gasteiger partial charge in [-0.15, -0.1) is 6.58 Å². The first-order valence-corrected chi connectivity index (χ1v) is 8.43. The van der Waals surface area contributed by atoms with Crippen LogP contribution >= 0.6 is 0 Å². The van der Waals surface area contributed by atoms with Crippen LogP contribution in [-0.2, 0) is 16.6 Å². The van der Waals surface area contributed by atoms with Crippen molar-refractivity contribution in [3.63, 3.8) is 0 Å². The maximum atomic E-state index is 14.1. The number of hydrogen-bond acceptors (Lipinski definition) is 3. The highest BCUT2D eigenvalue weighted by Crippen LogP contribution is 2.20. The lowest BCUT2D eigenvalue weighted by molar-refractivity contribution is 0.456. The van der Waals surface area contributed by atoms with Crippen LogP contribution in [0, 0.1) is 5.82 Å². The Morgan fingerprint density at radius 2 is 2.14 bits per heavy atom. The number of hydrogen-bond donors (Lipinski definition) is 1. The van der Waals surface area contributed by atoms with Gasteiger partial charge in [-0.1, -0.05) is 19.1 Å². The maximum absolute atomic E-state index is 14.1. The van der Waals surface area contributed by atoms with E-state index >= 15 is 0 Å². The lowest BCUT2D eigenvalue weighted by atomic mass is 10.2. The molecule has 1 N–H and O–H groups in total. The first-order valence-electron chi connectivity index (χ1n) is 6.99. The molecule has 118 valence electrons. The third-order valence-electron chi connectivity index (χ3n) is 3.14. The van der Waals surface area contributed by atoms with Crippen molar-refractivity contribution in [1.29, 1.82) is 0 Å². The smallest absolute Gasteiger partial charge is 0.245 e. The number of allylic oxidation sites excluding steroid dienone is 1. The van der Waals surface area contributed by atoms with Crippen molar-refractivity contribution in [2.75, 3.05) is 20.1 Å². The molecular weight excluding hydrogens is 291 g/mol. The van der Waals surface area contributed by atoms with Gasteiger partial charge in [-0.05, 0) is 37.1 Å². The molecule has 0 spiro atoms. The van der Waals surface area contributed by atoms with Gasteiger partial charge in [0.05, 0.1) is 0 Å². The van der Waals surface area contributed by atoms with Crippen molar-refractivity contribution in [1.82, 2.24) is 9.62 Å². The highest BCUT2D eigenvalue weighted by atomic mass is 32.2. The Morgan fingerprint density at radius 3 is 2.71 bits per heavy atom. The fourth-order valence-corrected chi connectivity index (χ4v) is 3.13. The van der Waals surface area contributed by atoms with Gasteiger partial charge in [0, 0.05) is 20.1 Å². The van der Waals surface area contributed by atoms with E-state index in [2.05, 4.69) is 11.9 Å². The molecule has 0 aliphatic rings. The summed E-state index contributed by atoms with van der Waals surface area (Å²) in [4.78, 5) is -0.274. The largest absolute Gasteiger partial charge is 0.313 e. The third-order valence-corrected chi connectivity index (χ3v) is 5.04. The van der Waals surface area contributed by atoms with Crippen molar-refractivity contribution in [2.45, 2.75) is 31.2 Å². The van der Waals surface area contributed by atoms with E-state index in [0.29, 0.717) is 19.5 Å². The van der Waals surface area contributed by atoms with E-state index in [1.165, 1.54) is 23.5 Å². The minimum absolute atomic E-state index is 0.274. The lowest BCUT2D eigenvalue weighted by Crippen LogP contribution is -2.28. The van der Waals surface area contributed by atoms with E-state index < -0.39 is 15.8 Å². The number of sulfonamides is 1. The van der Waals surface area contributed by atoms with Crippen molar-refractivity contribution >= 4 is 10.0 Å². The molecule has 0 bridgehead atoms. The fraction of sp³-hybridized carbons (Fsp3) is 0.467. The summed E-state index contributed by atoms with van der Waals surface area (Å²) in [5, 5.41) is 3.07. The number of halogens is 1. The molecule has 6 heteroatoms. The zero-order valence-electron chi connectivity index (χ0n) is 12.6. The van der Waals surface area contributed by atoms with Crippen LogP contribution in [0.1, 0.15) is 25.3 Å². The number of nitrogens with zero attached hydrogens (tertiary/aromatic N) is 1. The minimum atomic E-state index is -3.78. The Hall–Kier alpha value is -1.24. The Bertz CT molecular complexity index is 573. The number of benzene rings is 1. The van der Waals surface area contributed by atoms with Gasteiger partial charge in [-0.2, -0.15) is 0 Å². The molecule has 0 atom stereocenters. The highest BCUT2D eigenvalue weighted by molar-refractivity contribution is 7.89. The highest BCUT2D eigenvalue weighted by Gasteiger charge is 2.24. The molecule has 1 aromatic carbocycles. The van der Waals surface area contributed by atoms with Gasteiger partial charge in [0.15, 0.2) is 0 Å². The molecule has 0 fully saturated rings. The van der Waals surface area contributed by atoms with Crippen LogP contribution < -0.4 is 5.32 Å². The summed E-state index contributed by atoms with van der Waals surface area (Å²) >= 11 is 0. The average Bonchev–Trinajstić information content (AvgIpc) is 2.45. The fourth-order valence-electron chi connectivity index (χ4n) is 1.88. The first-order chi connectivity index (χ1) is 9.93. The molecule has 0 amide bonds. The minimum Gasteiger partial charge on any atom is -0.313 e. The van der Waals surface area contributed by atoms with E-state index in [4.69, 9.17) is 0 Å². The quantitative estimate of drug-likeness (QED) is 0.563. The van der Waals surface area contributed by atoms with Gasteiger partial charge in [-0.3, -0.25) is 0 Å². The lowest BCUT2D eigenvalue weighted by Gasteiger charge is -2.17. The van der Waals surface area contributed by atoms with Gasteiger partial charge < -0.3 is 5.32 Å². The summed E-state index contributed by atoms with van der Waals surface area (Å²) < 4.78 is 39.9. The molecule has 0 aliphatic carbocycles. The Morgan fingerprint density at radius 1 is 1.43 bits per heavy atom. The van der Waals surface area contributed by atoms with Crippen LogP contribution in [0.5, 0.6) is 0 Å². The van der Waals surface area contributed by atoms with Gasteiger partial charge >= 0.3 is 0 Å². The molecule has 0 aromatic heterocycles. The maximum Gasteiger partial charge on any atom is 0.245 e. The van der Waals surface area contributed by atoms with Gasteiger partial charge in [0.25, 0.3) is 0 Å². The van der Waals surface area contributed by atoms with Crippen molar-refractivity contribution in [3.8, 4) is 0 Å². The molecule has 0 heterocycles. The van der Waals surface area contributed by atoms with Crippen LogP contribution in [0.4, 0.5) is 4.39 Å². The molecule has 21 heavy (non-hydrogen) atoms. The monoisotopic (exact) mass is 314 g/mol. The molecule has 0 radical (unpaired) electrons. The number of unbranched alkanes of at least 4 members (excludes halogenated alkanes) is 1. The standard InChI is InChI=1S/C15H23FN2O2S/c1-4-6-7-10-18(3)21(19,20)15-9-8-13(11-14(15)16)12-17-5-2/h4,8-9,11,17H,1,5-7,10,12H2,2-3H3. The number of rotatable bonds is 9. The average molecular weight is 314 g/mol. The zero-order valence-corrected chi connectivity index (χ0v) is 13.4. The summed E-state index contributed by atoms with van der Waals surface area (Å²) in [7, 11) is -2.32. The second kappa shape index (κ2) is 8.26. The zero-order chi connectivity index (χ0) is 15.9. The van der Waals surface area contributed by atoms with Crippen LogP contribution in [0.15, 0.2) is 35.7 Å². The van der Waals surface area contributed by atoms with E-state index in [9.17, 15) is 12.8 Å². The van der Waals surface area contributed by atoms with E-state index in [0.717, 1.165) is 18.5 Å². The second-order valence-electron chi connectivity index (χ2n) is 4.80. The normalized spacial score (nSPS) is 11.8. The van der Waals surface area contributed by atoms with E-state index in [1.807, 2.05) is 6.92 Å². The topological polar surface area (TPSA) is 49.4 Å². The molecule has 1 rings (SSSR count). The van der Waals surface area contributed by atoms with Gasteiger partial charge in [0.1, 0.15) is 10.7 Å². The predicted octanol–water partition coefficient (Wildman–Crippen LogP) is 2.52. The Kier molecular flexibility index (Phi) is 7.01. The SMILES string of the molecule is C=CCCCN(C)S(=O)(=O)c1ccc(CNCC)cc1F. The van der Waals surface area contributed by atoms with Crippen molar-refractivity contribution < 1.29 is 12.8 Å². The predicted molar refractivity (Wildman–Crippen MR) is 83.0 cm³/mol. The Labute approximate surface area is 126 Å². The number of nitrogens with one attached hydrogen (secondary N) is 1. The van der Waals surface area contributed by atoms with Crippen LogP contribution in [0.2, 0.25) is 0 Å². The molecule has 0 saturated carbocycles. The summed E-state index contributed by atoms with van der Waals surface area (Å²) in [6, 6.07) is 4.24. The first kappa shape index (κ1) is 17.8. The molecular formula is C15H23FN2O2S.